The molecule has 1 radical (unpaired) electrons. The number of aryl methyl sites for hydroxylation is 2. The summed E-state index contributed by atoms with van der Waals surface area (Å²) in [7, 11) is 0. The maximum atomic E-state index is 6.23. The molecule has 0 spiro atoms. The van der Waals surface area contributed by atoms with E-state index >= 15 is 0 Å². The van der Waals surface area contributed by atoms with Crippen LogP contribution in [0.3, 0.4) is 0 Å². The molecule has 6 heteroatoms. The van der Waals surface area contributed by atoms with Gasteiger partial charge in [-0.2, -0.15) is 0 Å². The summed E-state index contributed by atoms with van der Waals surface area (Å²) in [6, 6.07) is 36.6. The molecule has 301 valence electrons. The number of nitrogens with zero attached hydrogens (tertiary/aromatic N) is 3. The number of benzene rings is 3. The van der Waals surface area contributed by atoms with Crippen molar-refractivity contribution in [3.05, 3.63) is 132 Å². The van der Waals surface area contributed by atoms with Crippen LogP contribution in [0.1, 0.15) is 87.5 Å². The van der Waals surface area contributed by atoms with Crippen LogP contribution in [0.4, 0.5) is 0 Å². The van der Waals surface area contributed by atoms with E-state index in [-0.39, 0.29) is 25.5 Å². The van der Waals surface area contributed by atoms with Gasteiger partial charge in [0.25, 0.3) is 0 Å². The molecule has 0 amide bonds. The first-order valence-electron chi connectivity index (χ1n) is 21.2. The van der Waals surface area contributed by atoms with Crippen LogP contribution in [0.15, 0.2) is 102 Å². The summed E-state index contributed by atoms with van der Waals surface area (Å²) in [5, 5.41) is 2.05. The molecule has 0 atom stereocenters. The number of furan rings is 1. The largest absolute Gasteiger partial charge is 0 e. The van der Waals surface area contributed by atoms with Gasteiger partial charge in [-0.3, -0.25) is 0 Å². The molecule has 3 aromatic carbocycles. The van der Waals surface area contributed by atoms with E-state index in [1.807, 2.05) is 18.3 Å². The van der Waals surface area contributed by atoms with Gasteiger partial charge in [0.15, 0.2) is 0 Å². The minimum absolute atomic E-state index is 0. The zero-order valence-electron chi connectivity index (χ0n) is 35.3. The SMILES string of the molecule is Cc1ccc(C)c(-c2ccc3c(n2)oc2[c-]c(-c4cc(C(C)(C)C5CCCC5)ccn4)ccc23)c1.[CH3][Ge]([CH3])([CH3])[c]1cnc(-c2[c-]cccc2)cc1CC1CCCC1.[Ir]. The van der Waals surface area contributed by atoms with Crippen molar-refractivity contribution in [1.82, 2.24) is 15.0 Å². The van der Waals surface area contributed by atoms with Gasteiger partial charge < -0.3 is 9.40 Å². The maximum absolute atomic E-state index is 6.23. The van der Waals surface area contributed by atoms with Crippen molar-refractivity contribution in [1.29, 1.82) is 0 Å². The fraction of sp³-hybridized carbons (Fsp3) is 0.365. The topological polar surface area (TPSA) is 51.8 Å². The van der Waals surface area contributed by atoms with Gasteiger partial charge in [0.1, 0.15) is 0 Å². The van der Waals surface area contributed by atoms with Gasteiger partial charge in [-0.05, 0) is 73.0 Å². The minimum atomic E-state index is -1.87. The van der Waals surface area contributed by atoms with E-state index in [4.69, 9.17) is 19.4 Å². The minimum Gasteiger partial charge on any atom is 0 e. The summed E-state index contributed by atoms with van der Waals surface area (Å²) in [4.78, 5) is 14.3. The molecule has 0 bridgehead atoms. The molecule has 4 aromatic heterocycles. The molecule has 7 aromatic rings. The first-order valence-corrected chi connectivity index (χ1v) is 28.5. The summed E-state index contributed by atoms with van der Waals surface area (Å²) in [5.74, 6) is 9.05. The van der Waals surface area contributed by atoms with Crippen molar-refractivity contribution in [3.8, 4) is 33.8 Å². The standard InChI is InChI=1S/C32H31N2O.C20H26GeN.Ir/c1-20-9-10-21(2)27(17-20)28-14-13-26-25-12-11-22(18-30(25)35-31(26)34-28)29-19-24(15-16-33-29)32(3,4)23-7-5-6-8-23;1-21(2,3)19-15-22-20(17-11-5-4-6-12-17)14-18(19)13-16-9-7-8-10-16;/h9-17,19,23H,5-8H2,1-4H3;4-6,11,14-16H,7-10,13H2,1-3H3;/q2*-1;. The van der Waals surface area contributed by atoms with Crippen LogP contribution in [-0.2, 0) is 31.9 Å². The van der Waals surface area contributed by atoms with E-state index in [0.29, 0.717) is 5.71 Å². The molecule has 0 unspecified atom stereocenters. The third-order valence-corrected chi connectivity index (χ3v) is 17.2. The van der Waals surface area contributed by atoms with E-state index in [1.54, 1.807) is 9.96 Å². The smallest absolute Gasteiger partial charge is 0 e. The van der Waals surface area contributed by atoms with Crippen LogP contribution in [0.5, 0.6) is 0 Å². The molecule has 0 aliphatic heterocycles. The average molecular weight is 1000 g/mol. The van der Waals surface area contributed by atoms with Crippen LogP contribution in [0.2, 0.25) is 17.3 Å². The van der Waals surface area contributed by atoms with Gasteiger partial charge in [-0.1, -0.05) is 68.0 Å². The summed E-state index contributed by atoms with van der Waals surface area (Å²) < 4.78 is 7.82. The molecule has 0 saturated heterocycles. The molecular formula is C52H57GeIrN3O-2. The van der Waals surface area contributed by atoms with Crippen molar-refractivity contribution in [2.75, 3.05) is 0 Å². The number of aromatic nitrogens is 3. The number of hydrogen-bond donors (Lipinski definition) is 0. The molecule has 58 heavy (non-hydrogen) atoms. The molecule has 9 rings (SSSR count). The zero-order valence-corrected chi connectivity index (χ0v) is 39.8. The van der Waals surface area contributed by atoms with Crippen LogP contribution < -0.4 is 4.40 Å². The Labute approximate surface area is 362 Å². The molecule has 2 aliphatic rings. The van der Waals surface area contributed by atoms with E-state index in [2.05, 4.69) is 136 Å². The fourth-order valence-electron chi connectivity index (χ4n) is 9.33. The van der Waals surface area contributed by atoms with E-state index in [1.165, 1.54) is 74.5 Å². The molecular weight excluding hydrogens is 947 g/mol. The number of fused-ring (bicyclic) bond motifs is 3. The quantitative estimate of drug-likeness (QED) is 0.112. The van der Waals surface area contributed by atoms with E-state index in [9.17, 15) is 0 Å². The Bertz CT molecular complexity index is 2510. The Morgan fingerprint density at radius 2 is 1.50 bits per heavy atom. The summed E-state index contributed by atoms with van der Waals surface area (Å²) in [6.45, 7) is 8.99. The third kappa shape index (κ3) is 9.13. The van der Waals surface area contributed by atoms with Crippen molar-refractivity contribution in [2.45, 2.75) is 108 Å². The zero-order chi connectivity index (χ0) is 39.7. The first kappa shape index (κ1) is 42.2. The Kier molecular flexibility index (Phi) is 12.9. The molecule has 4 heterocycles. The normalized spacial score (nSPS) is 15.1. The molecule has 2 fully saturated rings. The summed E-state index contributed by atoms with van der Waals surface area (Å²) in [5.41, 5.74) is 13.0. The van der Waals surface area contributed by atoms with Crippen molar-refractivity contribution in [2.24, 2.45) is 11.8 Å². The van der Waals surface area contributed by atoms with Gasteiger partial charge in [0.05, 0.1) is 11.3 Å². The monoisotopic (exact) mass is 1010 g/mol. The predicted molar refractivity (Wildman–Crippen MR) is 241 cm³/mol. The summed E-state index contributed by atoms with van der Waals surface area (Å²) in [6.07, 6.45) is 16.4. The van der Waals surface area contributed by atoms with Crippen LogP contribution >= 0.6 is 0 Å². The van der Waals surface area contributed by atoms with Crippen LogP contribution in [0.25, 0.3) is 55.8 Å². The van der Waals surface area contributed by atoms with Gasteiger partial charge in [-0.15, -0.1) is 17.7 Å². The predicted octanol–water partition coefficient (Wildman–Crippen LogP) is 13.4. The number of rotatable bonds is 8. The Hall–Kier alpha value is -3.90. The maximum Gasteiger partial charge on any atom is 0 e. The molecule has 4 nitrogen and oxygen atoms in total. The van der Waals surface area contributed by atoms with Gasteiger partial charge in [0.2, 0.25) is 5.71 Å². The van der Waals surface area contributed by atoms with Crippen LogP contribution in [0, 0.1) is 37.8 Å². The van der Waals surface area contributed by atoms with Gasteiger partial charge in [-0.25, -0.2) is 4.98 Å². The van der Waals surface area contributed by atoms with Crippen molar-refractivity contribution < 1.29 is 24.5 Å². The number of pyridine rings is 3. The number of hydrogen-bond acceptors (Lipinski definition) is 4. The van der Waals surface area contributed by atoms with Crippen molar-refractivity contribution in [3.63, 3.8) is 0 Å². The fourth-order valence-corrected chi connectivity index (χ4v) is 12.7. The van der Waals surface area contributed by atoms with Gasteiger partial charge >= 0.3 is 137 Å². The Morgan fingerprint density at radius 3 is 2.24 bits per heavy atom. The van der Waals surface area contributed by atoms with E-state index < -0.39 is 13.3 Å². The van der Waals surface area contributed by atoms with Crippen molar-refractivity contribution >= 4 is 39.7 Å². The molecule has 2 saturated carbocycles. The van der Waals surface area contributed by atoms with E-state index in [0.717, 1.165) is 62.0 Å². The second kappa shape index (κ2) is 17.8. The third-order valence-electron chi connectivity index (χ3n) is 12.8. The second-order valence-electron chi connectivity index (χ2n) is 18.3. The molecule has 0 N–H and O–H groups in total. The van der Waals surface area contributed by atoms with Crippen LogP contribution in [-0.4, -0.2) is 28.2 Å². The second-order valence-corrected chi connectivity index (χ2v) is 28.9. The Balaban J connectivity index is 0.000000192. The summed E-state index contributed by atoms with van der Waals surface area (Å²) >= 11 is -1.87. The Morgan fingerprint density at radius 1 is 0.759 bits per heavy atom. The molecule has 2 aliphatic carbocycles. The van der Waals surface area contributed by atoms with Gasteiger partial charge in [0, 0.05) is 37.3 Å². The average Bonchev–Trinajstić information content (AvgIpc) is 4.01. The first-order chi connectivity index (χ1) is 27.4.